The summed E-state index contributed by atoms with van der Waals surface area (Å²) in [5.74, 6) is 1.07. The van der Waals surface area contributed by atoms with Crippen LogP contribution in [0.1, 0.15) is 21.5 Å². The van der Waals surface area contributed by atoms with Crippen LogP contribution in [0.4, 0.5) is 0 Å². The summed E-state index contributed by atoms with van der Waals surface area (Å²) in [7, 11) is 1.52. The Morgan fingerprint density at radius 2 is 1.80 bits per heavy atom. The van der Waals surface area contributed by atoms with Gasteiger partial charge in [-0.15, -0.1) is 0 Å². The van der Waals surface area contributed by atoms with Crippen LogP contribution in [0.5, 0.6) is 11.5 Å². The van der Waals surface area contributed by atoms with Gasteiger partial charge in [0.1, 0.15) is 6.61 Å². The molecule has 0 saturated carbocycles. The fourth-order valence-corrected chi connectivity index (χ4v) is 1.87. The Kier molecular flexibility index (Phi) is 4.64. The molecule has 0 atom stereocenters. The molecule has 0 aromatic heterocycles. The van der Waals surface area contributed by atoms with Crippen LogP contribution >= 0.6 is 11.6 Å². The van der Waals surface area contributed by atoms with E-state index in [9.17, 15) is 4.79 Å². The van der Waals surface area contributed by atoms with Gasteiger partial charge in [-0.1, -0.05) is 29.8 Å². The molecule has 0 bridgehead atoms. The van der Waals surface area contributed by atoms with Crippen LogP contribution in [0.25, 0.3) is 0 Å². The number of hydrogen-bond acceptors (Lipinski definition) is 3. The first kappa shape index (κ1) is 14.4. The molecule has 0 saturated heterocycles. The monoisotopic (exact) mass is 290 g/mol. The smallest absolute Gasteiger partial charge is 0.252 e. The predicted octanol–water partition coefficient (Wildman–Crippen LogP) is 3.96. The molecule has 0 amide bonds. The van der Waals surface area contributed by atoms with E-state index in [0.717, 1.165) is 5.56 Å². The third kappa shape index (κ3) is 3.52. The number of ether oxygens (including phenoxy) is 2. The van der Waals surface area contributed by atoms with Gasteiger partial charge < -0.3 is 9.47 Å². The Labute approximate surface area is 123 Å². The largest absolute Gasteiger partial charge is 0.493 e. The number of carbonyl (C=O) groups is 1. The highest BCUT2D eigenvalue weighted by Gasteiger charge is 2.09. The zero-order valence-electron chi connectivity index (χ0n) is 11.4. The summed E-state index contributed by atoms with van der Waals surface area (Å²) >= 11 is 5.44. The maximum atomic E-state index is 11.1. The first-order valence-corrected chi connectivity index (χ1v) is 6.54. The lowest BCUT2D eigenvalue weighted by Gasteiger charge is -2.11. The van der Waals surface area contributed by atoms with E-state index in [1.165, 1.54) is 12.7 Å². The summed E-state index contributed by atoms with van der Waals surface area (Å²) in [4.78, 5) is 11.1. The summed E-state index contributed by atoms with van der Waals surface area (Å²) < 4.78 is 10.9. The van der Waals surface area contributed by atoms with E-state index < -0.39 is 5.24 Å². The molecule has 0 spiro atoms. The van der Waals surface area contributed by atoms with Crippen LogP contribution in [0.2, 0.25) is 0 Å². The van der Waals surface area contributed by atoms with Crippen LogP contribution in [0, 0.1) is 6.92 Å². The molecule has 0 aliphatic heterocycles. The molecule has 0 aliphatic rings. The van der Waals surface area contributed by atoms with Gasteiger partial charge in [-0.25, -0.2) is 0 Å². The van der Waals surface area contributed by atoms with Gasteiger partial charge in [-0.3, -0.25) is 4.79 Å². The van der Waals surface area contributed by atoms with Gasteiger partial charge in [-0.05, 0) is 42.3 Å². The third-order valence-corrected chi connectivity index (χ3v) is 3.12. The van der Waals surface area contributed by atoms with E-state index in [2.05, 4.69) is 0 Å². The molecule has 2 aromatic rings. The van der Waals surface area contributed by atoms with Crippen molar-refractivity contribution in [1.29, 1.82) is 0 Å². The van der Waals surface area contributed by atoms with Crippen molar-refractivity contribution in [2.24, 2.45) is 0 Å². The van der Waals surface area contributed by atoms with E-state index in [1.54, 1.807) is 18.2 Å². The highest BCUT2D eigenvalue weighted by molar-refractivity contribution is 6.67. The maximum Gasteiger partial charge on any atom is 0.252 e. The van der Waals surface area contributed by atoms with Crippen molar-refractivity contribution in [3.8, 4) is 11.5 Å². The SMILES string of the molecule is COc1cc(C(=O)Cl)ccc1OCc1ccc(C)cc1. The van der Waals surface area contributed by atoms with Crippen molar-refractivity contribution in [1.82, 2.24) is 0 Å². The van der Waals surface area contributed by atoms with Crippen molar-refractivity contribution >= 4 is 16.8 Å². The molecule has 0 unspecified atom stereocenters. The number of benzene rings is 2. The Balaban J connectivity index is 2.12. The average Bonchev–Trinajstić information content (AvgIpc) is 2.46. The molecular formula is C16H15ClO3. The molecule has 2 rings (SSSR count). The fourth-order valence-electron chi connectivity index (χ4n) is 1.75. The molecule has 3 nitrogen and oxygen atoms in total. The molecule has 104 valence electrons. The fraction of sp³-hybridized carbons (Fsp3) is 0.188. The predicted molar refractivity (Wildman–Crippen MR) is 78.7 cm³/mol. The van der Waals surface area contributed by atoms with Crippen LogP contribution in [0.3, 0.4) is 0 Å². The molecular weight excluding hydrogens is 276 g/mol. The second kappa shape index (κ2) is 6.44. The number of hydrogen-bond donors (Lipinski definition) is 0. The lowest BCUT2D eigenvalue weighted by atomic mass is 10.2. The van der Waals surface area contributed by atoms with E-state index in [-0.39, 0.29) is 0 Å². The van der Waals surface area contributed by atoms with Gasteiger partial charge >= 0.3 is 0 Å². The maximum absolute atomic E-state index is 11.1. The molecule has 0 aliphatic carbocycles. The second-order valence-corrected chi connectivity index (χ2v) is 4.76. The molecule has 0 heterocycles. The number of methoxy groups -OCH3 is 1. The minimum Gasteiger partial charge on any atom is -0.493 e. The number of halogens is 1. The summed E-state index contributed by atoms with van der Waals surface area (Å²) in [6, 6.07) is 13.0. The zero-order chi connectivity index (χ0) is 14.5. The first-order valence-electron chi connectivity index (χ1n) is 6.16. The van der Waals surface area contributed by atoms with Crippen LogP contribution in [-0.4, -0.2) is 12.4 Å². The minimum absolute atomic E-state index is 0.381. The van der Waals surface area contributed by atoms with Crippen LogP contribution in [-0.2, 0) is 6.61 Å². The standard InChI is InChI=1S/C16H15ClO3/c1-11-3-5-12(6-4-11)10-20-14-8-7-13(16(17)18)9-15(14)19-2/h3-9H,10H2,1-2H3. The quantitative estimate of drug-likeness (QED) is 0.782. The third-order valence-electron chi connectivity index (χ3n) is 2.91. The molecule has 4 heteroatoms. The number of aryl methyl sites for hydroxylation is 1. The summed E-state index contributed by atoms with van der Waals surface area (Å²) in [6.45, 7) is 2.47. The van der Waals surface area contributed by atoms with E-state index in [1.807, 2.05) is 31.2 Å². The Bertz CT molecular complexity index is 606. The van der Waals surface area contributed by atoms with Crippen molar-refractivity contribution in [2.45, 2.75) is 13.5 Å². The zero-order valence-corrected chi connectivity index (χ0v) is 12.1. The highest BCUT2D eigenvalue weighted by atomic mass is 35.5. The summed E-state index contributed by atoms with van der Waals surface area (Å²) in [5.41, 5.74) is 2.65. The molecule has 0 fully saturated rings. The Morgan fingerprint density at radius 1 is 1.10 bits per heavy atom. The summed E-state index contributed by atoms with van der Waals surface area (Å²) in [6.07, 6.45) is 0. The van der Waals surface area contributed by atoms with Crippen molar-refractivity contribution in [2.75, 3.05) is 7.11 Å². The van der Waals surface area contributed by atoms with Gasteiger partial charge in [0.2, 0.25) is 0 Å². The van der Waals surface area contributed by atoms with E-state index in [0.29, 0.717) is 23.7 Å². The highest BCUT2D eigenvalue weighted by Crippen LogP contribution is 2.29. The van der Waals surface area contributed by atoms with Crippen LogP contribution < -0.4 is 9.47 Å². The Morgan fingerprint density at radius 3 is 2.40 bits per heavy atom. The topological polar surface area (TPSA) is 35.5 Å². The normalized spacial score (nSPS) is 10.2. The average molecular weight is 291 g/mol. The van der Waals surface area contributed by atoms with Crippen molar-refractivity contribution in [3.05, 3.63) is 59.2 Å². The minimum atomic E-state index is -0.520. The lowest BCUT2D eigenvalue weighted by molar-refractivity contribution is 0.108. The van der Waals surface area contributed by atoms with Gasteiger partial charge in [0.05, 0.1) is 7.11 Å². The van der Waals surface area contributed by atoms with Crippen LogP contribution in [0.15, 0.2) is 42.5 Å². The van der Waals surface area contributed by atoms with E-state index >= 15 is 0 Å². The second-order valence-electron chi connectivity index (χ2n) is 4.41. The van der Waals surface area contributed by atoms with Gasteiger partial charge in [-0.2, -0.15) is 0 Å². The van der Waals surface area contributed by atoms with Gasteiger partial charge in [0.15, 0.2) is 11.5 Å². The molecule has 2 aromatic carbocycles. The number of rotatable bonds is 5. The molecule has 20 heavy (non-hydrogen) atoms. The lowest BCUT2D eigenvalue weighted by Crippen LogP contribution is -1.99. The first-order chi connectivity index (χ1) is 9.60. The number of carbonyl (C=O) groups excluding carboxylic acids is 1. The Hall–Kier alpha value is -2.00. The molecule has 0 N–H and O–H groups in total. The summed E-state index contributed by atoms with van der Waals surface area (Å²) in [5, 5.41) is -0.520. The molecule has 0 radical (unpaired) electrons. The van der Waals surface area contributed by atoms with Crippen molar-refractivity contribution in [3.63, 3.8) is 0 Å². The van der Waals surface area contributed by atoms with Gasteiger partial charge in [0.25, 0.3) is 5.24 Å². The van der Waals surface area contributed by atoms with E-state index in [4.69, 9.17) is 21.1 Å². The van der Waals surface area contributed by atoms with Gasteiger partial charge in [0, 0.05) is 5.56 Å². The van der Waals surface area contributed by atoms with Crippen molar-refractivity contribution < 1.29 is 14.3 Å².